The Labute approximate surface area is 130 Å². The minimum absolute atomic E-state index is 0.114. The van der Waals surface area contributed by atoms with Crippen LogP contribution in [0.25, 0.3) is 0 Å². The van der Waals surface area contributed by atoms with Crippen LogP contribution in [0, 0.1) is 0 Å². The number of hydrogen-bond acceptors (Lipinski definition) is 4. The summed E-state index contributed by atoms with van der Waals surface area (Å²) in [6, 6.07) is 0.377. The first kappa shape index (κ1) is 15.3. The summed E-state index contributed by atoms with van der Waals surface area (Å²) in [5, 5.41) is 2.55. The third kappa shape index (κ3) is 2.82. The molecule has 0 radical (unpaired) electrons. The molecule has 0 spiro atoms. The van der Waals surface area contributed by atoms with E-state index in [0.717, 1.165) is 38.8 Å². The van der Waals surface area contributed by atoms with E-state index in [9.17, 15) is 14.4 Å². The molecule has 0 aromatic carbocycles. The molecule has 2 atom stereocenters. The standard InChI is InChI=1S/C15H24N4O3/c1-11(20)18-7-3-5-13(18)12-4-2-6-17(12)8-9-19-14(21)10-16-15(19)22/h12-13H,2-10H2,1H3,(H,16,22)/t12-,13+/m0/s1. The van der Waals surface area contributed by atoms with Crippen LogP contribution in [0.15, 0.2) is 0 Å². The van der Waals surface area contributed by atoms with Gasteiger partial charge in [-0.05, 0) is 32.2 Å². The molecule has 7 heteroatoms. The van der Waals surface area contributed by atoms with E-state index in [-0.39, 0.29) is 24.4 Å². The molecule has 0 aliphatic carbocycles. The van der Waals surface area contributed by atoms with E-state index in [1.807, 2.05) is 4.90 Å². The number of likely N-dealkylation sites (tertiary alicyclic amines) is 2. The quantitative estimate of drug-likeness (QED) is 0.743. The van der Waals surface area contributed by atoms with Crippen molar-refractivity contribution in [2.24, 2.45) is 0 Å². The Balaban J connectivity index is 1.60. The van der Waals surface area contributed by atoms with Crippen molar-refractivity contribution in [2.45, 2.75) is 44.7 Å². The molecule has 0 aromatic heterocycles. The van der Waals surface area contributed by atoms with Gasteiger partial charge in [-0.2, -0.15) is 0 Å². The highest BCUT2D eigenvalue weighted by Gasteiger charge is 2.39. The molecule has 3 aliphatic rings. The first-order chi connectivity index (χ1) is 10.6. The van der Waals surface area contributed by atoms with Gasteiger partial charge < -0.3 is 10.2 Å². The van der Waals surface area contributed by atoms with E-state index in [1.54, 1.807) is 6.92 Å². The predicted molar refractivity (Wildman–Crippen MR) is 80.1 cm³/mol. The van der Waals surface area contributed by atoms with Crippen LogP contribution in [0.4, 0.5) is 4.79 Å². The zero-order chi connectivity index (χ0) is 15.7. The van der Waals surface area contributed by atoms with E-state index in [4.69, 9.17) is 0 Å². The number of rotatable bonds is 4. The smallest absolute Gasteiger partial charge is 0.324 e. The van der Waals surface area contributed by atoms with Crippen molar-refractivity contribution in [2.75, 3.05) is 32.7 Å². The lowest BCUT2D eigenvalue weighted by Gasteiger charge is -2.35. The van der Waals surface area contributed by atoms with Crippen molar-refractivity contribution >= 4 is 17.8 Å². The lowest BCUT2D eigenvalue weighted by Crippen LogP contribution is -2.49. The Morgan fingerprint density at radius 1 is 1.14 bits per heavy atom. The van der Waals surface area contributed by atoms with Crippen molar-refractivity contribution < 1.29 is 14.4 Å². The molecule has 0 bridgehead atoms. The molecule has 122 valence electrons. The van der Waals surface area contributed by atoms with Crippen molar-refractivity contribution in [3.63, 3.8) is 0 Å². The SMILES string of the molecule is CC(=O)N1CCC[C@@H]1[C@@H]1CCCN1CCN1C(=O)CNC1=O. The second kappa shape index (κ2) is 6.24. The maximum Gasteiger partial charge on any atom is 0.324 e. The molecule has 3 heterocycles. The second-order valence-electron chi connectivity index (χ2n) is 6.37. The molecule has 22 heavy (non-hydrogen) atoms. The molecular weight excluding hydrogens is 284 g/mol. The third-order valence-corrected chi connectivity index (χ3v) is 5.11. The summed E-state index contributed by atoms with van der Waals surface area (Å²) < 4.78 is 0. The number of carbonyl (C=O) groups excluding carboxylic acids is 3. The van der Waals surface area contributed by atoms with Crippen LogP contribution in [-0.4, -0.2) is 77.4 Å². The van der Waals surface area contributed by atoms with Gasteiger partial charge in [0.2, 0.25) is 11.8 Å². The maximum atomic E-state index is 11.8. The normalized spacial score (nSPS) is 29.5. The molecule has 3 saturated heterocycles. The van der Waals surface area contributed by atoms with E-state index < -0.39 is 0 Å². The molecular formula is C15H24N4O3. The first-order valence-corrected chi connectivity index (χ1v) is 8.17. The number of nitrogens with one attached hydrogen (secondary N) is 1. The van der Waals surface area contributed by atoms with Gasteiger partial charge in [-0.25, -0.2) is 4.79 Å². The van der Waals surface area contributed by atoms with Gasteiger partial charge in [-0.15, -0.1) is 0 Å². The van der Waals surface area contributed by atoms with Gasteiger partial charge in [0.15, 0.2) is 0 Å². The summed E-state index contributed by atoms with van der Waals surface area (Å²) >= 11 is 0. The minimum Gasteiger partial charge on any atom is -0.338 e. The lowest BCUT2D eigenvalue weighted by molar-refractivity contribution is -0.130. The van der Waals surface area contributed by atoms with Crippen LogP contribution in [0.2, 0.25) is 0 Å². The van der Waals surface area contributed by atoms with Gasteiger partial charge in [-0.1, -0.05) is 0 Å². The van der Waals surface area contributed by atoms with E-state index in [0.29, 0.717) is 25.2 Å². The summed E-state index contributed by atoms with van der Waals surface area (Å²) in [6.07, 6.45) is 4.34. The molecule has 0 unspecified atom stereocenters. The molecule has 7 nitrogen and oxygen atoms in total. The zero-order valence-electron chi connectivity index (χ0n) is 13.1. The number of carbonyl (C=O) groups is 3. The number of hydrogen-bond donors (Lipinski definition) is 1. The largest absolute Gasteiger partial charge is 0.338 e. The van der Waals surface area contributed by atoms with E-state index in [2.05, 4.69) is 10.2 Å². The van der Waals surface area contributed by atoms with Gasteiger partial charge in [0, 0.05) is 38.6 Å². The molecule has 0 aromatic rings. The zero-order valence-corrected chi connectivity index (χ0v) is 13.1. The van der Waals surface area contributed by atoms with Crippen molar-refractivity contribution in [1.82, 2.24) is 20.0 Å². The molecule has 3 fully saturated rings. The van der Waals surface area contributed by atoms with Crippen LogP contribution < -0.4 is 5.32 Å². The summed E-state index contributed by atoms with van der Waals surface area (Å²) in [4.78, 5) is 40.7. The van der Waals surface area contributed by atoms with Gasteiger partial charge in [0.05, 0.1) is 6.54 Å². The van der Waals surface area contributed by atoms with Crippen molar-refractivity contribution in [1.29, 1.82) is 0 Å². The number of amides is 4. The molecule has 3 rings (SSSR count). The predicted octanol–water partition coefficient (Wildman–Crippen LogP) is 0.0135. The first-order valence-electron chi connectivity index (χ1n) is 8.17. The third-order valence-electron chi connectivity index (χ3n) is 5.11. The number of imide groups is 1. The number of nitrogens with zero attached hydrogens (tertiary/aromatic N) is 3. The number of urea groups is 1. The average molecular weight is 308 g/mol. The van der Waals surface area contributed by atoms with Crippen molar-refractivity contribution in [3.8, 4) is 0 Å². The molecule has 0 saturated carbocycles. The van der Waals surface area contributed by atoms with Gasteiger partial charge >= 0.3 is 6.03 Å². The summed E-state index contributed by atoms with van der Waals surface area (Å²) in [6.45, 7) is 4.74. The molecule has 1 N–H and O–H groups in total. The van der Waals surface area contributed by atoms with Gasteiger partial charge in [-0.3, -0.25) is 19.4 Å². The van der Waals surface area contributed by atoms with Gasteiger partial charge in [0.1, 0.15) is 0 Å². The van der Waals surface area contributed by atoms with Crippen LogP contribution in [0.5, 0.6) is 0 Å². The fourth-order valence-corrected chi connectivity index (χ4v) is 4.06. The summed E-state index contributed by atoms with van der Waals surface area (Å²) in [7, 11) is 0. The van der Waals surface area contributed by atoms with Crippen LogP contribution in [-0.2, 0) is 9.59 Å². The highest BCUT2D eigenvalue weighted by molar-refractivity contribution is 6.01. The maximum absolute atomic E-state index is 11.8. The monoisotopic (exact) mass is 308 g/mol. The lowest BCUT2D eigenvalue weighted by atomic mass is 10.0. The van der Waals surface area contributed by atoms with Crippen molar-refractivity contribution in [3.05, 3.63) is 0 Å². The highest BCUT2D eigenvalue weighted by Crippen LogP contribution is 2.29. The Kier molecular flexibility index (Phi) is 4.33. The molecule has 3 aliphatic heterocycles. The topological polar surface area (TPSA) is 73.0 Å². The van der Waals surface area contributed by atoms with E-state index in [1.165, 1.54) is 4.90 Å². The minimum atomic E-state index is -0.285. The Bertz CT molecular complexity index is 465. The van der Waals surface area contributed by atoms with Crippen LogP contribution in [0.1, 0.15) is 32.6 Å². The Hall–Kier alpha value is -1.63. The van der Waals surface area contributed by atoms with Crippen LogP contribution in [0.3, 0.4) is 0 Å². The van der Waals surface area contributed by atoms with Crippen LogP contribution >= 0.6 is 0 Å². The van der Waals surface area contributed by atoms with Gasteiger partial charge in [0.25, 0.3) is 0 Å². The van der Waals surface area contributed by atoms with E-state index >= 15 is 0 Å². The fraction of sp³-hybridized carbons (Fsp3) is 0.800. The second-order valence-corrected chi connectivity index (χ2v) is 6.37. The highest BCUT2D eigenvalue weighted by atomic mass is 16.2. The molecule has 4 amide bonds. The summed E-state index contributed by atoms with van der Waals surface area (Å²) in [5.41, 5.74) is 0. The summed E-state index contributed by atoms with van der Waals surface area (Å²) in [5.74, 6) is 0.00965. The fourth-order valence-electron chi connectivity index (χ4n) is 4.06. The Morgan fingerprint density at radius 2 is 1.86 bits per heavy atom. The Morgan fingerprint density at radius 3 is 2.55 bits per heavy atom. The average Bonchev–Trinajstić information content (AvgIpc) is 3.17.